The summed E-state index contributed by atoms with van der Waals surface area (Å²) in [6.45, 7) is 1.71. The molecule has 0 spiro atoms. The van der Waals surface area contributed by atoms with Gasteiger partial charge in [-0.1, -0.05) is 33.8 Å². The number of hydrogen-bond acceptors (Lipinski definition) is 5. The van der Waals surface area contributed by atoms with Gasteiger partial charge < -0.3 is 10.4 Å². The lowest BCUT2D eigenvalue weighted by Crippen LogP contribution is -2.13. The summed E-state index contributed by atoms with van der Waals surface area (Å²) in [5, 5.41) is 23.7. The van der Waals surface area contributed by atoms with E-state index in [2.05, 4.69) is 21.2 Å². The molecule has 1 amide bonds. The Labute approximate surface area is 173 Å². The molecule has 0 atom stereocenters. The summed E-state index contributed by atoms with van der Waals surface area (Å²) in [7, 11) is 0. The van der Waals surface area contributed by atoms with Gasteiger partial charge in [-0.3, -0.25) is 14.9 Å². The molecule has 0 saturated carbocycles. The number of halogens is 1. The molecule has 0 radical (unpaired) electrons. The molecular weight excluding hydrogens is 444 g/mol. The number of benzene rings is 3. The van der Waals surface area contributed by atoms with Crippen molar-refractivity contribution in [2.45, 2.75) is 16.7 Å². The van der Waals surface area contributed by atoms with Crippen molar-refractivity contribution in [3.05, 3.63) is 86.4 Å². The van der Waals surface area contributed by atoms with Crippen molar-refractivity contribution in [3.8, 4) is 5.75 Å². The molecule has 0 fully saturated rings. The van der Waals surface area contributed by atoms with Crippen LogP contribution in [0.2, 0.25) is 0 Å². The number of phenols is 1. The van der Waals surface area contributed by atoms with Crippen LogP contribution in [0.4, 0.5) is 11.4 Å². The van der Waals surface area contributed by atoms with E-state index in [4.69, 9.17) is 0 Å². The Morgan fingerprint density at radius 3 is 2.50 bits per heavy atom. The van der Waals surface area contributed by atoms with Gasteiger partial charge >= 0.3 is 0 Å². The molecule has 142 valence electrons. The number of aromatic hydroxyl groups is 1. The molecule has 0 bridgehead atoms. The lowest BCUT2D eigenvalue weighted by atomic mass is 10.1. The van der Waals surface area contributed by atoms with Gasteiger partial charge in [0, 0.05) is 26.7 Å². The molecule has 0 aromatic heterocycles. The van der Waals surface area contributed by atoms with Crippen molar-refractivity contribution in [1.29, 1.82) is 0 Å². The summed E-state index contributed by atoms with van der Waals surface area (Å²) in [6.07, 6.45) is 0. The van der Waals surface area contributed by atoms with Gasteiger partial charge in [-0.15, -0.1) is 0 Å². The van der Waals surface area contributed by atoms with Gasteiger partial charge in [0.25, 0.3) is 11.6 Å². The number of hydrogen-bond donors (Lipinski definition) is 2. The van der Waals surface area contributed by atoms with Gasteiger partial charge in [0.05, 0.1) is 9.82 Å². The van der Waals surface area contributed by atoms with E-state index >= 15 is 0 Å². The van der Waals surface area contributed by atoms with E-state index in [0.29, 0.717) is 21.7 Å². The van der Waals surface area contributed by atoms with Gasteiger partial charge in [-0.05, 0) is 61.0 Å². The first-order chi connectivity index (χ1) is 13.3. The zero-order chi connectivity index (χ0) is 20.3. The van der Waals surface area contributed by atoms with Crippen LogP contribution in [0.3, 0.4) is 0 Å². The van der Waals surface area contributed by atoms with Crippen LogP contribution in [-0.2, 0) is 0 Å². The predicted molar refractivity (Wildman–Crippen MR) is 112 cm³/mol. The Bertz CT molecular complexity index is 1050. The lowest BCUT2D eigenvalue weighted by Gasteiger charge is -2.12. The van der Waals surface area contributed by atoms with Gasteiger partial charge in [0.1, 0.15) is 5.75 Å². The fourth-order valence-corrected chi connectivity index (χ4v) is 3.84. The molecule has 2 N–H and O–H groups in total. The number of aryl methyl sites for hydroxylation is 1. The summed E-state index contributed by atoms with van der Waals surface area (Å²) in [5.41, 5.74) is 1.51. The Morgan fingerprint density at radius 1 is 1.14 bits per heavy atom. The molecule has 3 aromatic carbocycles. The number of carbonyl (C=O) groups is 1. The zero-order valence-corrected chi connectivity index (χ0v) is 17.1. The minimum atomic E-state index is -0.449. The molecule has 6 nitrogen and oxygen atoms in total. The van der Waals surface area contributed by atoms with Crippen LogP contribution in [-0.4, -0.2) is 15.9 Å². The molecule has 0 heterocycles. The topological polar surface area (TPSA) is 92.5 Å². The second kappa shape index (κ2) is 8.45. The van der Waals surface area contributed by atoms with Crippen molar-refractivity contribution in [3.63, 3.8) is 0 Å². The Morgan fingerprint density at radius 2 is 1.86 bits per heavy atom. The summed E-state index contributed by atoms with van der Waals surface area (Å²) < 4.78 is 0.782. The van der Waals surface area contributed by atoms with Gasteiger partial charge in [-0.25, -0.2) is 0 Å². The average Bonchev–Trinajstić information content (AvgIpc) is 2.65. The summed E-state index contributed by atoms with van der Waals surface area (Å²) >= 11 is 4.52. The zero-order valence-electron chi connectivity index (χ0n) is 14.7. The Hall–Kier alpha value is -2.84. The Balaban J connectivity index is 1.94. The highest BCUT2D eigenvalue weighted by Crippen LogP contribution is 2.38. The van der Waals surface area contributed by atoms with Crippen molar-refractivity contribution in [1.82, 2.24) is 0 Å². The molecule has 28 heavy (non-hydrogen) atoms. The number of nitro groups is 1. The van der Waals surface area contributed by atoms with E-state index in [1.165, 1.54) is 30.0 Å². The van der Waals surface area contributed by atoms with Crippen LogP contribution in [0, 0.1) is 17.0 Å². The maximum Gasteiger partial charge on any atom is 0.283 e. The van der Waals surface area contributed by atoms with E-state index in [1.54, 1.807) is 43.3 Å². The standard InChI is InChI=1S/C20H15BrN2O4S/c1-12-9-18(23(26)27)19(28-16-7-5-15(24)6-8-16)11-17(12)22-20(25)13-3-2-4-14(21)10-13/h2-11,24H,1H3,(H,22,25). The van der Waals surface area contributed by atoms with Crippen LogP contribution in [0.1, 0.15) is 15.9 Å². The molecular formula is C20H15BrN2O4S. The third-order valence-corrected chi connectivity index (χ3v) is 5.45. The fraction of sp³-hybridized carbons (Fsp3) is 0.0500. The molecule has 3 rings (SSSR count). The number of anilines is 1. The van der Waals surface area contributed by atoms with E-state index in [9.17, 15) is 20.0 Å². The number of nitrogens with one attached hydrogen (secondary N) is 1. The third-order valence-electron chi connectivity index (χ3n) is 3.90. The largest absolute Gasteiger partial charge is 0.508 e. The Kier molecular flexibility index (Phi) is 6.01. The van der Waals surface area contributed by atoms with Gasteiger partial charge in [-0.2, -0.15) is 0 Å². The molecule has 0 unspecified atom stereocenters. The minimum Gasteiger partial charge on any atom is -0.508 e. The van der Waals surface area contributed by atoms with Crippen molar-refractivity contribution < 1.29 is 14.8 Å². The highest BCUT2D eigenvalue weighted by Gasteiger charge is 2.19. The third kappa shape index (κ3) is 4.71. The number of nitrogens with zero attached hydrogens (tertiary/aromatic N) is 1. The van der Waals surface area contributed by atoms with Crippen molar-refractivity contribution in [2.24, 2.45) is 0 Å². The molecule has 0 aliphatic heterocycles. The molecule has 0 aliphatic rings. The second-order valence-electron chi connectivity index (χ2n) is 5.95. The molecule has 8 heteroatoms. The summed E-state index contributed by atoms with van der Waals surface area (Å²) in [4.78, 5) is 24.7. The smallest absolute Gasteiger partial charge is 0.283 e. The maximum absolute atomic E-state index is 12.5. The van der Waals surface area contributed by atoms with Gasteiger partial charge in [0.2, 0.25) is 0 Å². The average molecular weight is 459 g/mol. The van der Waals surface area contributed by atoms with Crippen LogP contribution in [0.5, 0.6) is 5.75 Å². The summed E-state index contributed by atoms with van der Waals surface area (Å²) in [5.74, 6) is -0.191. The number of amides is 1. The van der Waals surface area contributed by atoms with E-state index < -0.39 is 4.92 Å². The lowest BCUT2D eigenvalue weighted by molar-refractivity contribution is -0.387. The molecule has 0 aliphatic carbocycles. The number of nitro benzene ring substituents is 1. The van der Waals surface area contributed by atoms with Crippen LogP contribution >= 0.6 is 27.7 Å². The van der Waals surface area contributed by atoms with Crippen molar-refractivity contribution in [2.75, 3.05) is 5.32 Å². The number of phenolic OH excluding ortho intramolecular Hbond substituents is 1. The normalized spacial score (nSPS) is 10.5. The van der Waals surface area contributed by atoms with Crippen LogP contribution in [0.15, 0.2) is 74.9 Å². The SMILES string of the molecule is Cc1cc([N+](=O)[O-])c(Sc2ccc(O)cc2)cc1NC(=O)c1cccc(Br)c1. The van der Waals surface area contributed by atoms with E-state index in [0.717, 1.165) is 9.37 Å². The first kappa shape index (κ1) is 19.9. The highest BCUT2D eigenvalue weighted by atomic mass is 79.9. The van der Waals surface area contributed by atoms with Crippen molar-refractivity contribution >= 4 is 45.0 Å². The van der Waals surface area contributed by atoms with Crippen LogP contribution in [0.25, 0.3) is 0 Å². The number of rotatable bonds is 5. The fourth-order valence-electron chi connectivity index (χ4n) is 2.50. The quantitative estimate of drug-likeness (QED) is 0.373. The predicted octanol–water partition coefficient (Wildman–Crippen LogP) is 5.77. The second-order valence-corrected chi connectivity index (χ2v) is 7.98. The molecule has 3 aromatic rings. The van der Waals surface area contributed by atoms with E-state index in [-0.39, 0.29) is 17.3 Å². The monoisotopic (exact) mass is 458 g/mol. The summed E-state index contributed by atoms with van der Waals surface area (Å²) in [6, 6.07) is 16.4. The first-order valence-corrected chi connectivity index (χ1v) is 9.77. The van der Waals surface area contributed by atoms with Gasteiger partial charge in [0.15, 0.2) is 0 Å². The minimum absolute atomic E-state index is 0.0453. The number of carbonyl (C=O) groups excluding carboxylic acids is 1. The first-order valence-electron chi connectivity index (χ1n) is 8.16. The van der Waals surface area contributed by atoms with E-state index in [1.807, 2.05) is 6.07 Å². The van der Waals surface area contributed by atoms with Crippen LogP contribution < -0.4 is 5.32 Å². The maximum atomic E-state index is 12.5. The highest BCUT2D eigenvalue weighted by molar-refractivity contribution is 9.10. The molecule has 0 saturated heterocycles.